The van der Waals surface area contributed by atoms with E-state index in [-0.39, 0.29) is 0 Å². The van der Waals surface area contributed by atoms with E-state index in [0.717, 1.165) is 60.7 Å². The Labute approximate surface area is 155 Å². The number of nitrogens with zero attached hydrogens (tertiary/aromatic N) is 4. The van der Waals surface area contributed by atoms with E-state index in [1.807, 2.05) is 20.0 Å². The van der Waals surface area contributed by atoms with E-state index in [2.05, 4.69) is 26.8 Å². The zero-order valence-corrected chi connectivity index (χ0v) is 16.2. The molecule has 1 saturated heterocycles. The molecule has 1 aliphatic rings. The number of likely N-dealkylation sites (tertiary alicyclic amines) is 1. The van der Waals surface area contributed by atoms with E-state index >= 15 is 0 Å². The Morgan fingerprint density at radius 2 is 1.81 bits per heavy atom. The van der Waals surface area contributed by atoms with Gasteiger partial charge in [-0.2, -0.15) is 0 Å². The van der Waals surface area contributed by atoms with Gasteiger partial charge in [-0.15, -0.1) is 0 Å². The molecule has 1 fully saturated rings. The van der Waals surface area contributed by atoms with Gasteiger partial charge in [0.1, 0.15) is 5.75 Å². The Kier molecular flexibility index (Phi) is 6.04. The number of rotatable bonds is 6. The Balaban J connectivity index is 1.51. The molecule has 0 radical (unpaired) electrons. The molecule has 3 heterocycles. The van der Waals surface area contributed by atoms with Crippen molar-refractivity contribution in [2.24, 2.45) is 5.92 Å². The molecule has 26 heavy (non-hydrogen) atoms. The summed E-state index contributed by atoms with van der Waals surface area (Å²) in [5.41, 5.74) is 4.19. The normalized spacial score (nSPS) is 15.8. The van der Waals surface area contributed by atoms with Crippen LogP contribution in [0.5, 0.6) is 11.6 Å². The van der Waals surface area contributed by atoms with Crippen molar-refractivity contribution in [2.45, 2.75) is 40.2 Å². The molecule has 6 heteroatoms. The molecule has 0 N–H and O–H groups in total. The van der Waals surface area contributed by atoms with Crippen molar-refractivity contribution in [3.05, 3.63) is 41.1 Å². The number of aromatic nitrogens is 3. The average molecular weight is 356 g/mol. The maximum Gasteiger partial charge on any atom is 0.235 e. The highest BCUT2D eigenvalue weighted by molar-refractivity contribution is 5.41. The fraction of sp³-hybridized carbons (Fsp3) is 0.550. The Morgan fingerprint density at radius 3 is 2.50 bits per heavy atom. The molecule has 0 bridgehead atoms. The van der Waals surface area contributed by atoms with Gasteiger partial charge >= 0.3 is 0 Å². The Morgan fingerprint density at radius 1 is 1.08 bits per heavy atom. The lowest BCUT2D eigenvalue weighted by atomic mass is 9.97. The van der Waals surface area contributed by atoms with Crippen LogP contribution in [0.3, 0.4) is 0 Å². The molecule has 2 aromatic heterocycles. The van der Waals surface area contributed by atoms with Crippen molar-refractivity contribution in [3.63, 3.8) is 0 Å². The van der Waals surface area contributed by atoms with Gasteiger partial charge in [-0.05, 0) is 52.6 Å². The van der Waals surface area contributed by atoms with Crippen molar-refractivity contribution in [1.29, 1.82) is 0 Å². The predicted molar refractivity (Wildman–Crippen MR) is 101 cm³/mol. The molecular formula is C20H28N4O2. The van der Waals surface area contributed by atoms with Gasteiger partial charge in [0.15, 0.2) is 0 Å². The second kappa shape index (κ2) is 8.45. The highest BCUT2D eigenvalue weighted by Gasteiger charge is 2.22. The van der Waals surface area contributed by atoms with E-state index < -0.39 is 0 Å². The zero-order valence-electron chi connectivity index (χ0n) is 16.2. The second-order valence-electron chi connectivity index (χ2n) is 7.02. The van der Waals surface area contributed by atoms with Crippen LogP contribution in [-0.2, 0) is 6.54 Å². The third-order valence-electron chi connectivity index (χ3n) is 5.12. The number of hydrogen-bond donors (Lipinski definition) is 0. The minimum absolute atomic E-state index is 0.564. The molecule has 0 saturated carbocycles. The third-order valence-corrected chi connectivity index (χ3v) is 5.12. The minimum atomic E-state index is 0.564. The first-order valence-corrected chi connectivity index (χ1v) is 9.20. The Bertz CT molecular complexity index is 743. The van der Waals surface area contributed by atoms with E-state index in [1.165, 1.54) is 0 Å². The SMILES string of the molecule is COc1c(C)cnc(CN2CCC(COc3nccnc3C)CC2)c1C. The van der Waals surface area contributed by atoms with Crippen molar-refractivity contribution in [3.8, 4) is 11.6 Å². The maximum absolute atomic E-state index is 5.87. The topological polar surface area (TPSA) is 60.4 Å². The van der Waals surface area contributed by atoms with Crippen molar-refractivity contribution < 1.29 is 9.47 Å². The average Bonchev–Trinajstić information content (AvgIpc) is 2.65. The van der Waals surface area contributed by atoms with Crippen molar-refractivity contribution in [2.75, 3.05) is 26.8 Å². The van der Waals surface area contributed by atoms with Crippen LogP contribution in [0.15, 0.2) is 18.6 Å². The van der Waals surface area contributed by atoms with Gasteiger partial charge in [-0.25, -0.2) is 4.98 Å². The summed E-state index contributed by atoms with van der Waals surface area (Å²) in [6.45, 7) is 9.76. The molecule has 0 aliphatic carbocycles. The van der Waals surface area contributed by atoms with Crippen LogP contribution in [0.2, 0.25) is 0 Å². The number of piperidine rings is 1. The van der Waals surface area contributed by atoms with Gasteiger partial charge in [-0.1, -0.05) is 0 Å². The number of hydrogen-bond acceptors (Lipinski definition) is 6. The molecule has 3 rings (SSSR count). The third kappa shape index (κ3) is 4.30. The van der Waals surface area contributed by atoms with E-state index in [4.69, 9.17) is 9.47 Å². The summed E-state index contributed by atoms with van der Waals surface area (Å²) in [6, 6.07) is 0. The quantitative estimate of drug-likeness (QED) is 0.793. The number of aryl methyl sites for hydroxylation is 2. The summed E-state index contributed by atoms with van der Waals surface area (Å²) in [6.07, 6.45) is 7.53. The molecule has 1 aliphatic heterocycles. The summed E-state index contributed by atoms with van der Waals surface area (Å²) >= 11 is 0. The number of pyridine rings is 1. The van der Waals surface area contributed by atoms with Gasteiger partial charge in [0.2, 0.25) is 5.88 Å². The van der Waals surface area contributed by atoms with Crippen LogP contribution >= 0.6 is 0 Å². The first-order valence-electron chi connectivity index (χ1n) is 9.20. The van der Waals surface area contributed by atoms with Crippen LogP contribution < -0.4 is 9.47 Å². The Hall–Kier alpha value is -2.21. The predicted octanol–water partition coefficient (Wildman–Crippen LogP) is 3.10. The summed E-state index contributed by atoms with van der Waals surface area (Å²) in [5.74, 6) is 2.17. The van der Waals surface area contributed by atoms with Crippen molar-refractivity contribution in [1.82, 2.24) is 19.9 Å². The van der Waals surface area contributed by atoms with E-state index in [1.54, 1.807) is 19.5 Å². The molecule has 0 atom stereocenters. The second-order valence-corrected chi connectivity index (χ2v) is 7.02. The van der Waals surface area contributed by atoms with Gasteiger partial charge < -0.3 is 9.47 Å². The van der Waals surface area contributed by atoms with Crippen LogP contribution in [-0.4, -0.2) is 46.7 Å². The zero-order chi connectivity index (χ0) is 18.5. The first-order chi connectivity index (χ1) is 12.6. The maximum atomic E-state index is 5.87. The molecule has 0 unspecified atom stereocenters. The van der Waals surface area contributed by atoms with Crippen LogP contribution in [0.4, 0.5) is 0 Å². The standard InChI is InChI=1S/C20H28N4O2/c1-14-11-23-18(15(2)19(14)25-4)12-24-9-5-17(6-10-24)13-26-20-16(3)21-7-8-22-20/h7-8,11,17H,5-6,9-10,12-13H2,1-4H3. The molecule has 140 valence electrons. The van der Waals surface area contributed by atoms with E-state index in [0.29, 0.717) is 18.4 Å². The largest absolute Gasteiger partial charge is 0.496 e. The molecule has 0 amide bonds. The number of methoxy groups -OCH3 is 1. The lowest BCUT2D eigenvalue weighted by Gasteiger charge is -2.32. The van der Waals surface area contributed by atoms with E-state index in [9.17, 15) is 0 Å². The highest BCUT2D eigenvalue weighted by atomic mass is 16.5. The monoisotopic (exact) mass is 356 g/mol. The minimum Gasteiger partial charge on any atom is -0.496 e. The van der Waals surface area contributed by atoms with Gasteiger partial charge in [0, 0.05) is 36.3 Å². The fourth-order valence-corrected chi connectivity index (χ4v) is 3.49. The molecule has 2 aromatic rings. The molecular weight excluding hydrogens is 328 g/mol. The first kappa shape index (κ1) is 18.6. The van der Waals surface area contributed by atoms with Gasteiger partial charge in [-0.3, -0.25) is 14.9 Å². The van der Waals surface area contributed by atoms with Crippen molar-refractivity contribution >= 4 is 0 Å². The van der Waals surface area contributed by atoms with Crippen LogP contribution in [0.1, 0.15) is 35.4 Å². The summed E-state index contributed by atoms with van der Waals surface area (Å²) in [5, 5.41) is 0. The van der Waals surface area contributed by atoms with Crippen LogP contribution in [0.25, 0.3) is 0 Å². The smallest absolute Gasteiger partial charge is 0.235 e. The summed E-state index contributed by atoms with van der Waals surface area (Å²) < 4.78 is 11.4. The number of ether oxygens (including phenoxy) is 2. The molecule has 0 aromatic carbocycles. The fourth-order valence-electron chi connectivity index (χ4n) is 3.49. The van der Waals surface area contributed by atoms with Gasteiger partial charge in [0.05, 0.1) is 25.1 Å². The summed E-state index contributed by atoms with van der Waals surface area (Å²) in [7, 11) is 1.73. The van der Waals surface area contributed by atoms with Gasteiger partial charge in [0.25, 0.3) is 0 Å². The summed E-state index contributed by atoms with van der Waals surface area (Å²) in [4.78, 5) is 15.6. The van der Waals surface area contributed by atoms with Crippen LogP contribution in [0, 0.1) is 26.7 Å². The lowest BCUT2D eigenvalue weighted by Crippen LogP contribution is -2.35. The molecule has 6 nitrogen and oxygen atoms in total. The highest BCUT2D eigenvalue weighted by Crippen LogP contribution is 2.26. The molecule has 0 spiro atoms. The lowest BCUT2D eigenvalue weighted by molar-refractivity contribution is 0.133.